The summed E-state index contributed by atoms with van der Waals surface area (Å²) < 4.78 is 6.84. The summed E-state index contributed by atoms with van der Waals surface area (Å²) in [7, 11) is 0. The molecule has 0 bridgehead atoms. The Kier molecular flexibility index (Phi) is 6.09. The van der Waals surface area contributed by atoms with E-state index >= 15 is 0 Å². The van der Waals surface area contributed by atoms with Crippen LogP contribution in [0.25, 0.3) is 0 Å². The van der Waals surface area contributed by atoms with E-state index in [9.17, 15) is 0 Å². The van der Waals surface area contributed by atoms with Crippen LogP contribution in [0.2, 0.25) is 5.02 Å². The first kappa shape index (κ1) is 16.3. The maximum atomic E-state index is 6.18. The van der Waals surface area contributed by atoms with Crippen molar-refractivity contribution in [1.82, 2.24) is 5.32 Å². The minimum Gasteiger partial charge on any atom is -0.456 e. The number of hydrogen-bond acceptors (Lipinski definition) is 2. The molecule has 2 nitrogen and oxygen atoms in total. The number of aryl methyl sites for hydroxylation is 1. The number of ether oxygens (including phenoxy) is 1. The van der Waals surface area contributed by atoms with Gasteiger partial charge in [0.15, 0.2) is 0 Å². The lowest BCUT2D eigenvalue weighted by molar-refractivity contribution is 0.478. The van der Waals surface area contributed by atoms with Crippen molar-refractivity contribution in [3.8, 4) is 11.5 Å². The molecule has 0 fully saturated rings. The van der Waals surface area contributed by atoms with Crippen LogP contribution in [0.1, 0.15) is 24.5 Å². The molecular formula is C17H19BrClNO. The van der Waals surface area contributed by atoms with Gasteiger partial charge in [-0.2, -0.15) is 0 Å². The van der Waals surface area contributed by atoms with Gasteiger partial charge in [0.1, 0.15) is 11.5 Å². The van der Waals surface area contributed by atoms with Crippen molar-refractivity contribution in [3.63, 3.8) is 0 Å². The second-order valence-electron chi connectivity index (χ2n) is 4.95. The third-order valence-corrected chi connectivity index (χ3v) is 3.90. The molecule has 4 heteroatoms. The standard InChI is InChI=1S/C17H19BrClNO/c1-3-8-20-11-13-4-6-16(12(2)9-13)21-17-7-5-14(18)10-15(17)19/h4-7,9-10,20H,3,8,11H2,1-2H3. The summed E-state index contributed by atoms with van der Waals surface area (Å²) in [6.45, 7) is 6.13. The Balaban J connectivity index is 2.10. The second-order valence-corrected chi connectivity index (χ2v) is 6.28. The van der Waals surface area contributed by atoms with E-state index in [2.05, 4.69) is 40.3 Å². The maximum absolute atomic E-state index is 6.18. The number of nitrogens with one attached hydrogen (secondary N) is 1. The fourth-order valence-electron chi connectivity index (χ4n) is 2.02. The van der Waals surface area contributed by atoms with Gasteiger partial charge in [-0.1, -0.05) is 46.6 Å². The normalized spacial score (nSPS) is 10.7. The van der Waals surface area contributed by atoms with E-state index in [1.165, 1.54) is 5.56 Å². The molecule has 0 aromatic heterocycles. The molecule has 0 spiro atoms. The first-order valence-electron chi connectivity index (χ1n) is 7.03. The molecule has 0 atom stereocenters. The third kappa shape index (κ3) is 4.73. The molecule has 0 saturated carbocycles. The molecular weight excluding hydrogens is 350 g/mol. The van der Waals surface area contributed by atoms with Crippen LogP contribution in [0.15, 0.2) is 40.9 Å². The van der Waals surface area contributed by atoms with Crippen LogP contribution in [0.5, 0.6) is 11.5 Å². The summed E-state index contributed by atoms with van der Waals surface area (Å²) in [4.78, 5) is 0. The number of halogens is 2. The van der Waals surface area contributed by atoms with Gasteiger partial charge in [0, 0.05) is 11.0 Å². The zero-order valence-electron chi connectivity index (χ0n) is 12.2. The SMILES string of the molecule is CCCNCc1ccc(Oc2ccc(Br)cc2Cl)c(C)c1. The fourth-order valence-corrected chi connectivity index (χ4v) is 2.73. The van der Waals surface area contributed by atoms with Crippen LogP contribution in [0.3, 0.4) is 0 Å². The number of benzene rings is 2. The average Bonchev–Trinajstić information content (AvgIpc) is 2.44. The van der Waals surface area contributed by atoms with E-state index in [0.29, 0.717) is 10.8 Å². The molecule has 0 heterocycles. The van der Waals surface area contributed by atoms with Crippen LogP contribution in [-0.2, 0) is 6.54 Å². The van der Waals surface area contributed by atoms with Crippen molar-refractivity contribution in [1.29, 1.82) is 0 Å². The molecule has 0 saturated heterocycles. The topological polar surface area (TPSA) is 21.3 Å². The molecule has 112 valence electrons. The minimum atomic E-state index is 0.595. The maximum Gasteiger partial charge on any atom is 0.146 e. The van der Waals surface area contributed by atoms with Gasteiger partial charge in [-0.15, -0.1) is 0 Å². The lowest BCUT2D eigenvalue weighted by atomic mass is 10.1. The summed E-state index contributed by atoms with van der Waals surface area (Å²) in [6.07, 6.45) is 1.14. The van der Waals surface area contributed by atoms with Crippen molar-refractivity contribution in [2.75, 3.05) is 6.54 Å². The molecule has 0 aliphatic heterocycles. The van der Waals surface area contributed by atoms with E-state index in [4.69, 9.17) is 16.3 Å². The van der Waals surface area contributed by atoms with Crippen molar-refractivity contribution in [2.24, 2.45) is 0 Å². The van der Waals surface area contributed by atoms with Gasteiger partial charge in [0.25, 0.3) is 0 Å². The lowest BCUT2D eigenvalue weighted by Crippen LogP contribution is -2.13. The van der Waals surface area contributed by atoms with E-state index in [-0.39, 0.29) is 0 Å². The van der Waals surface area contributed by atoms with E-state index in [1.807, 2.05) is 31.2 Å². The summed E-state index contributed by atoms with van der Waals surface area (Å²) in [5.41, 5.74) is 2.36. The largest absolute Gasteiger partial charge is 0.456 e. The first-order chi connectivity index (χ1) is 10.1. The quantitative estimate of drug-likeness (QED) is 0.660. The summed E-state index contributed by atoms with van der Waals surface area (Å²) in [6, 6.07) is 11.8. The van der Waals surface area contributed by atoms with Crippen molar-refractivity contribution in [3.05, 3.63) is 57.0 Å². The Hall–Kier alpha value is -1.03. The van der Waals surface area contributed by atoms with Crippen LogP contribution in [-0.4, -0.2) is 6.54 Å². The zero-order chi connectivity index (χ0) is 15.2. The lowest BCUT2D eigenvalue weighted by Gasteiger charge is -2.12. The highest BCUT2D eigenvalue weighted by molar-refractivity contribution is 9.10. The predicted molar refractivity (Wildman–Crippen MR) is 92.4 cm³/mol. The molecule has 1 N–H and O–H groups in total. The van der Waals surface area contributed by atoms with Gasteiger partial charge >= 0.3 is 0 Å². The molecule has 0 amide bonds. The highest BCUT2D eigenvalue weighted by atomic mass is 79.9. The Morgan fingerprint density at radius 2 is 1.90 bits per heavy atom. The molecule has 0 aliphatic carbocycles. The second kappa shape index (κ2) is 7.83. The Labute approximate surface area is 139 Å². The van der Waals surface area contributed by atoms with Gasteiger partial charge in [-0.25, -0.2) is 0 Å². The van der Waals surface area contributed by atoms with Crippen molar-refractivity contribution < 1.29 is 4.74 Å². The smallest absolute Gasteiger partial charge is 0.146 e. The Morgan fingerprint density at radius 1 is 1.14 bits per heavy atom. The third-order valence-electron chi connectivity index (χ3n) is 3.11. The molecule has 2 rings (SSSR count). The minimum absolute atomic E-state index is 0.595. The van der Waals surface area contributed by atoms with Crippen LogP contribution in [0, 0.1) is 6.92 Å². The summed E-state index contributed by atoms with van der Waals surface area (Å²) >= 11 is 9.57. The fraction of sp³-hybridized carbons (Fsp3) is 0.294. The molecule has 21 heavy (non-hydrogen) atoms. The molecule has 0 unspecified atom stereocenters. The Bertz CT molecular complexity index is 616. The monoisotopic (exact) mass is 367 g/mol. The van der Waals surface area contributed by atoms with Gasteiger partial charge in [0.05, 0.1) is 5.02 Å². The highest BCUT2D eigenvalue weighted by Gasteiger charge is 2.07. The van der Waals surface area contributed by atoms with Gasteiger partial charge in [-0.3, -0.25) is 0 Å². The van der Waals surface area contributed by atoms with Crippen LogP contribution in [0.4, 0.5) is 0 Å². The van der Waals surface area contributed by atoms with Gasteiger partial charge in [-0.05, 0) is 55.3 Å². The summed E-state index contributed by atoms with van der Waals surface area (Å²) in [5, 5.41) is 3.99. The Morgan fingerprint density at radius 3 is 2.57 bits per heavy atom. The van der Waals surface area contributed by atoms with E-state index in [1.54, 1.807) is 0 Å². The molecule has 2 aromatic rings. The van der Waals surface area contributed by atoms with Crippen LogP contribution >= 0.6 is 27.5 Å². The number of hydrogen-bond donors (Lipinski definition) is 1. The summed E-state index contributed by atoms with van der Waals surface area (Å²) in [5.74, 6) is 1.50. The van der Waals surface area contributed by atoms with Crippen molar-refractivity contribution in [2.45, 2.75) is 26.8 Å². The van der Waals surface area contributed by atoms with Gasteiger partial charge in [0.2, 0.25) is 0 Å². The predicted octanol–water partition coefficient (Wildman–Crippen LogP) is 5.70. The first-order valence-corrected chi connectivity index (χ1v) is 8.20. The molecule has 2 aromatic carbocycles. The van der Waals surface area contributed by atoms with E-state index in [0.717, 1.165) is 35.3 Å². The number of rotatable bonds is 6. The van der Waals surface area contributed by atoms with Crippen molar-refractivity contribution >= 4 is 27.5 Å². The molecule has 0 aliphatic rings. The average molecular weight is 369 g/mol. The van der Waals surface area contributed by atoms with Crippen LogP contribution < -0.4 is 10.1 Å². The zero-order valence-corrected chi connectivity index (χ0v) is 14.6. The van der Waals surface area contributed by atoms with E-state index < -0.39 is 0 Å². The highest BCUT2D eigenvalue weighted by Crippen LogP contribution is 2.33. The molecule has 0 radical (unpaired) electrons. The van der Waals surface area contributed by atoms with Gasteiger partial charge < -0.3 is 10.1 Å².